The summed E-state index contributed by atoms with van der Waals surface area (Å²) in [6.07, 6.45) is 4.43. The van der Waals surface area contributed by atoms with E-state index in [1.807, 2.05) is 0 Å². The molecule has 6 nitrogen and oxygen atoms in total. The molecule has 1 aliphatic rings. The van der Waals surface area contributed by atoms with Crippen molar-refractivity contribution in [1.82, 2.24) is 10.1 Å². The van der Waals surface area contributed by atoms with E-state index in [0.29, 0.717) is 24.6 Å². The first kappa shape index (κ1) is 12.0. The highest BCUT2D eigenvalue weighted by Gasteiger charge is 2.18. The molecule has 1 aliphatic heterocycles. The zero-order valence-electron chi connectivity index (χ0n) is 9.59. The van der Waals surface area contributed by atoms with E-state index in [-0.39, 0.29) is 12.5 Å². The fraction of sp³-hybridized carbons (Fsp3) is 0.727. The average Bonchev–Trinajstić information content (AvgIpc) is 2.75. The molecule has 1 aromatic rings. The number of carbonyl (C=O) groups is 1. The Kier molecular flexibility index (Phi) is 4.08. The Morgan fingerprint density at radius 3 is 3.06 bits per heavy atom. The zero-order valence-corrected chi connectivity index (χ0v) is 9.59. The number of hydrogen-bond acceptors (Lipinski definition) is 5. The second-order valence-electron chi connectivity index (χ2n) is 4.19. The van der Waals surface area contributed by atoms with E-state index < -0.39 is 5.97 Å². The van der Waals surface area contributed by atoms with Gasteiger partial charge in [0.1, 0.15) is 0 Å². The molecule has 0 saturated carbocycles. The summed E-state index contributed by atoms with van der Waals surface area (Å²) in [6.45, 7) is 0.796. The molecule has 94 valence electrons. The van der Waals surface area contributed by atoms with Gasteiger partial charge >= 0.3 is 5.97 Å². The molecular weight excluding hydrogens is 224 g/mol. The zero-order chi connectivity index (χ0) is 12.1. The highest BCUT2D eigenvalue weighted by atomic mass is 16.5. The van der Waals surface area contributed by atoms with Crippen LogP contribution >= 0.6 is 0 Å². The number of carboxylic acids is 1. The number of aliphatic carboxylic acids is 1. The van der Waals surface area contributed by atoms with Gasteiger partial charge in [0.05, 0.1) is 18.9 Å². The lowest BCUT2D eigenvalue weighted by Gasteiger charge is -2.20. The second-order valence-corrected chi connectivity index (χ2v) is 4.19. The van der Waals surface area contributed by atoms with Crippen LogP contribution in [0.25, 0.3) is 0 Å². The first-order valence-corrected chi connectivity index (χ1v) is 5.89. The molecular formula is C11H16N2O4. The SMILES string of the molecule is O=C(O)CCc1noc(CC2CCCCO2)n1. The molecule has 0 radical (unpaired) electrons. The lowest BCUT2D eigenvalue weighted by molar-refractivity contribution is -0.137. The second kappa shape index (κ2) is 5.77. The normalized spacial score (nSPS) is 20.4. The highest BCUT2D eigenvalue weighted by Crippen LogP contribution is 2.16. The first-order chi connectivity index (χ1) is 8.24. The van der Waals surface area contributed by atoms with E-state index in [4.69, 9.17) is 14.4 Å². The van der Waals surface area contributed by atoms with Gasteiger partial charge < -0.3 is 14.4 Å². The predicted molar refractivity (Wildman–Crippen MR) is 57.5 cm³/mol. The van der Waals surface area contributed by atoms with Crippen molar-refractivity contribution >= 4 is 5.97 Å². The number of hydrogen-bond donors (Lipinski definition) is 1. The monoisotopic (exact) mass is 240 g/mol. The molecule has 2 heterocycles. The summed E-state index contributed by atoms with van der Waals surface area (Å²) in [7, 11) is 0. The van der Waals surface area contributed by atoms with Crippen LogP contribution in [0.15, 0.2) is 4.52 Å². The minimum atomic E-state index is -0.855. The Hall–Kier alpha value is -1.43. The van der Waals surface area contributed by atoms with E-state index in [1.54, 1.807) is 0 Å². The minimum absolute atomic E-state index is 0.0267. The number of carboxylic acid groups (broad SMARTS) is 1. The summed E-state index contributed by atoms with van der Waals surface area (Å²) in [5.41, 5.74) is 0. The lowest BCUT2D eigenvalue weighted by atomic mass is 10.1. The molecule has 1 atom stereocenters. The average molecular weight is 240 g/mol. The molecule has 0 aromatic carbocycles. The van der Waals surface area contributed by atoms with Gasteiger partial charge in [0.25, 0.3) is 0 Å². The van der Waals surface area contributed by atoms with Gasteiger partial charge in [0, 0.05) is 13.0 Å². The molecule has 1 saturated heterocycles. The standard InChI is InChI=1S/C11H16N2O4/c14-11(15)5-4-9-12-10(17-13-9)7-8-3-1-2-6-16-8/h8H,1-7H2,(H,14,15). The van der Waals surface area contributed by atoms with Gasteiger partial charge in [-0.15, -0.1) is 0 Å². The van der Waals surface area contributed by atoms with Crippen LogP contribution in [0.4, 0.5) is 0 Å². The molecule has 2 rings (SSSR count). The fourth-order valence-corrected chi connectivity index (χ4v) is 1.86. The van der Waals surface area contributed by atoms with Gasteiger partial charge in [-0.25, -0.2) is 0 Å². The molecule has 0 bridgehead atoms. The summed E-state index contributed by atoms with van der Waals surface area (Å²) in [6, 6.07) is 0. The topological polar surface area (TPSA) is 85.5 Å². The van der Waals surface area contributed by atoms with Gasteiger partial charge in [-0.05, 0) is 19.3 Å². The van der Waals surface area contributed by atoms with Crippen molar-refractivity contribution in [2.45, 2.75) is 44.6 Å². The Labute approximate surface area is 99.0 Å². The van der Waals surface area contributed by atoms with Crippen molar-refractivity contribution in [3.05, 3.63) is 11.7 Å². The van der Waals surface area contributed by atoms with Crippen LogP contribution in [0, 0.1) is 0 Å². The number of aromatic nitrogens is 2. The van der Waals surface area contributed by atoms with Gasteiger partial charge in [0.2, 0.25) is 5.89 Å². The van der Waals surface area contributed by atoms with E-state index in [9.17, 15) is 4.79 Å². The summed E-state index contributed by atoms with van der Waals surface area (Å²) in [4.78, 5) is 14.5. The number of rotatable bonds is 5. The summed E-state index contributed by atoms with van der Waals surface area (Å²) in [5, 5.41) is 12.3. The van der Waals surface area contributed by atoms with Crippen molar-refractivity contribution in [2.75, 3.05) is 6.61 Å². The molecule has 6 heteroatoms. The molecule has 0 aliphatic carbocycles. The third kappa shape index (κ3) is 3.81. The molecule has 17 heavy (non-hydrogen) atoms. The maximum atomic E-state index is 10.4. The van der Waals surface area contributed by atoms with Gasteiger partial charge in [-0.2, -0.15) is 4.98 Å². The van der Waals surface area contributed by atoms with Gasteiger partial charge in [-0.3, -0.25) is 4.79 Å². The molecule has 1 aromatic heterocycles. The van der Waals surface area contributed by atoms with Crippen LogP contribution in [0.3, 0.4) is 0 Å². The third-order valence-corrected chi connectivity index (χ3v) is 2.75. The van der Waals surface area contributed by atoms with Gasteiger partial charge in [0.15, 0.2) is 5.82 Å². The smallest absolute Gasteiger partial charge is 0.303 e. The largest absolute Gasteiger partial charge is 0.481 e. The van der Waals surface area contributed by atoms with Crippen molar-refractivity contribution < 1.29 is 19.2 Å². The minimum Gasteiger partial charge on any atom is -0.481 e. The Morgan fingerprint density at radius 2 is 2.35 bits per heavy atom. The molecule has 1 N–H and O–H groups in total. The van der Waals surface area contributed by atoms with E-state index >= 15 is 0 Å². The Balaban J connectivity index is 1.82. The summed E-state index contributed by atoms with van der Waals surface area (Å²) in [5.74, 6) is 0.141. The lowest BCUT2D eigenvalue weighted by Crippen LogP contribution is -2.21. The first-order valence-electron chi connectivity index (χ1n) is 5.89. The Morgan fingerprint density at radius 1 is 1.47 bits per heavy atom. The van der Waals surface area contributed by atoms with Crippen molar-refractivity contribution in [3.63, 3.8) is 0 Å². The maximum Gasteiger partial charge on any atom is 0.303 e. The van der Waals surface area contributed by atoms with E-state index in [1.165, 1.54) is 6.42 Å². The quantitative estimate of drug-likeness (QED) is 0.832. The van der Waals surface area contributed by atoms with Crippen LogP contribution in [0.5, 0.6) is 0 Å². The molecule has 1 fully saturated rings. The van der Waals surface area contributed by atoms with Crippen molar-refractivity contribution in [1.29, 1.82) is 0 Å². The summed E-state index contributed by atoms with van der Waals surface area (Å²) >= 11 is 0. The summed E-state index contributed by atoms with van der Waals surface area (Å²) < 4.78 is 10.6. The van der Waals surface area contributed by atoms with Crippen LogP contribution < -0.4 is 0 Å². The number of aryl methyl sites for hydroxylation is 1. The third-order valence-electron chi connectivity index (χ3n) is 2.75. The van der Waals surface area contributed by atoms with Crippen LogP contribution in [0.2, 0.25) is 0 Å². The van der Waals surface area contributed by atoms with Crippen LogP contribution in [-0.2, 0) is 22.4 Å². The molecule has 0 spiro atoms. The predicted octanol–water partition coefficient (Wildman–Crippen LogP) is 1.20. The van der Waals surface area contributed by atoms with Crippen LogP contribution in [-0.4, -0.2) is 33.9 Å². The molecule has 1 unspecified atom stereocenters. The molecule has 0 amide bonds. The van der Waals surface area contributed by atoms with Crippen LogP contribution in [0.1, 0.15) is 37.4 Å². The fourth-order valence-electron chi connectivity index (χ4n) is 1.86. The van der Waals surface area contributed by atoms with Gasteiger partial charge in [-0.1, -0.05) is 5.16 Å². The van der Waals surface area contributed by atoms with Crippen molar-refractivity contribution in [2.24, 2.45) is 0 Å². The number of nitrogens with zero attached hydrogens (tertiary/aromatic N) is 2. The number of ether oxygens (including phenoxy) is 1. The van der Waals surface area contributed by atoms with E-state index in [0.717, 1.165) is 19.4 Å². The Bertz CT molecular complexity index is 371. The van der Waals surface area contributed by atoms with E-state index in [2.05, 4.69) is 10.1 Å². The van der Waals surface area contributed by atoms with Crippen molar-refractivity contribution in [3.8, 4) is 0 Å². The maximum absolute atomic E-state index is 10.4. The highest BCUT2D eigenvalue weighted by molar-refractivity contribution is 5.66.